The van der Waals surface area contributed by atoms with E-state index in [0.29, 0.717) is 11.3 Å². The van der Waals surface area contributed by atoms with Gasteiger partial charge in [0.25, 0.3) is 5.89 Å². The molecule has 0 saturated heterocycles. The van der Waals surface area contributed by atoms with Crippen LogP contribution in [-0.4, -0.2) is 50.6 Å². The third-order valence-corrected chi connectivity index (χ3v) is 7.99. The van der Waals surface area contributed by atoms with Gasteiger partial charge in [0.05, 0.1) is 47.4 Å². The fourth-order valence-corrected chi connectivity index (χ4v) is 5.49. The summed E-state index contributed by atoms with van der Waals surface area (Å²) in [5, 5.41) is 30.7. The molecule has 1 amide bonds. The number of nitrogens with zero attached hydrogens (tertiary/aromatic N) is 5. The zero-order chi connectivity index (χ0) is 36.6. The number of benzene rings is 2. The molecule has 2 aromatic carbocycles. The van der Waals surface area contributed by atoms with Gasteiger partial charge in [0.15, 0.2) is 0 Å². The molecule has 11 nitrogen and oxygen atoms in total. The minimum Gasteiger partial charge on any atom is -0.459 e. The Bertz CT molecular complexity index is 1880. The number of anilines is 1. The van der Waals surface area contributed by atoms with Gasteiger partial charge in [0, 0.05) is 24.5 Å². The average Bonchev–Trinajstić information content (AvgIpc) is 3.51. The standard InChI is InChI=1S/C36H39F3N6O5/c1-20(37)48-23-12-13-27(41-17-23)22-10-8-21(9-11-22)18-45-29-14-24(30-43-44-32(49-30)35(5,6)19-40)26(38)15-25(29)36(7,39)16-28(31(45)46)42-33(47)50-34(2,3)4/h8-15,17,20,28,33,42,47H,16,18H2,1-7H3/t20?,28?,33?,36-/m1/s1. The first-order valence-electron chi connectivity index (χ1n) is 15.9. The fourth-order valence-electron chi connectivity index (χ4n) is 5.49. The van der Waals surface area contributed by atoms with Crippen molar-refractivity contribution in [2.75, 3.05) is 4.90 Å². The maximum Gasteiger partial charge on any atom is 0.250 e. The number of aliphatic hydroxyl groups excluding tert-OH is 1. The van der Waals surface area contributed by atoms with Crippen molar-refractivity contribution in [2.24, 2.45) is 0 Å². The minimum absolute atomic E-state index is 0.0431. The van der Waals surface area contributed by atoms with Crippen LogP contribution >= 0.6 is 0 Å². The van der Waals surface area contributed by atoms with Gasteiger partial charge < -0.3 is 23.9 Å². The van der Waals surface area contributed by atoms with E-state index in [9.17, 15) is 19.6 Å². The van der Waals surface area contributed by atoms with Crippen LogP contribution in [0.15, 0.2) is 59.1 Å². The number of ether oxygens (including phenoxy) is 2. The third kappa shape index (κ3) is 8.13. The number of rotatable bonds is 10. The van der Waals surface area contributed by atoms with E-state index in [1.807, 2.05) is 0 Å². The molecule has 0 spiro atoms. The lowest BCUT2D eigenvalue weighted by Gasteiger charge is -2.30. The van der Waals surface area contributed by atoms with Crippen LogP contribution in [0.3, 0.4) is 0 Å². The molecule has 0 saturated carbocycles. The molecule has 4 aromatic rings. The SMILES string of the molecule is CC(F)Oc1ccc(-c2ccc(CN3C(=O)C(NC(O)OC(C)(C)C)C[C@@](C)(F)c4cc(F)c(-c5nnc(C(C)(C)C#N)o5)cc43)cc2)nc1. The molecule has 0 radical (unpaired) electrons. The fraction of sp³-hybridized carbons (Fsp3) is 0.417. The number of carbonyl (C=O) groups excluding carboxylic acids is 1. The lowest BCUT2D eigenvalue weighted by Crippen LogP contribution is -2.52. The molecule has 0 aliphatic carbocycles. The van der Waals surface area contributed by atoms with E-state index in [-0.39, 0.29) is 40.9 Å². The molecule has 0 fully saturated rings. The van der Waals surface area contributed by atoms with Gasteiger partial charge in [-0.25, -0.2) is 13.2 Å². The van der Waals surface area contributed by atoms with Crippen LogP contribution in [0.1, 0.15) is 71.9 Å². The number of hydrogen-bond acceptors (Lipinski definition) is 10. The molecular formula is C36H39F3N6O5. The van der Waals surface area contributed by atoms with Crippen LogP contribution in [0.2, 0.25) is 0 Å². The van der Waals surface area contributed by atoms with Gasteiger partial charge in [-0.2, -0.15) is 5.26 Å². The third-order valence-electron chi connectivity index (χ3n) is 7.99. The molecular weight excluding hydrogens is 653 g/mol. The zero-order valence-electron chi connectivity index (χ0n) is 28.8. The van der Waals surface area contributed by atoms with Gasteiger partial charge in [-0.3, -0.25) is 15.1 Å². The van der Waals surface area contributed by atoms with Crippen LogP contribution in [-0.2, 0) is 27.2 Å². The second-order valence-corrected chi connectivity index (χ2v) is 13.9. The van der Waals surface area contributed by atoms with Crippen molar-refractivity contribution >= 4 is 11.6 Å². The Kier molecular flexibility index (Phi) is 10.1. The smallest absolute Gasteiger partial charge is 0.250 e. The summed E-state index contributed by atoms with van der Waals surface area (Å²) in [6, 6.07) is 13.4. The second kappa shape index (κ2) is 13.8. The Balaban J connectivity index is 1.55. The lowest BCUT2D eigenvalue weighted by molar-refractivity contribution is -0.187. The maximum atomic E-state index is 16.7. The van der Waals surface area contributed by atoms with Crippen molar-refractivity contribution in [3.63, 3.8) is 0 Å². The minimum atomic E-state index is -2.26. The Morgan fingerprint density at radius 1 is 1.16 bits per heavy atom. The highest BCUT2D eigenvalue weighted by molar-refractivity contribution is 5.99. The van der Waals surface area contributed by atoms with Crippen LogP contribution in [0.4, 0.5) is 18.9 Å². The predicted octanol–water partition coefficient (Wildman–Crippen LogP) is 6.60. The number of amides is 1. The number of carbonyl (C=O) groups is 1. The quantitative estimate of drug-likeness (QED) is 0.174. The maximum absolute atomic E-state index is 16.7. The van der Waals surface area contributed by atoms with Crippen molar-refractivity contribution in [1.82, 2.24) is 20.5 Å². The van der Waals surface area contributed by atoms with E-state index in [4.69, 9.17) is 13.9 Å². The largest absolute Gasteiger partial charge is 0.459 e. The predicted molar refractivity (Wildman–Crippen MR) is 177 cm³/mol. The average molecular weight is 693 g/mol. The van der Waals surface area contributed by atoms with Gasteiger partial charge in [0.2, 0.25) is 24.6 Å². The number of aliphatic hydroxyl groups is 1. The summed E-state index contributed by atoms with van der Waals surface area (Å²) in [4.78, 5) is 19.9. The summed E-state index contributed by atoms with van der Waals surface area (Å²) in [5.74, 6) is -1.50. The number of nitriles is 1. The molecule has 50 heavy (non-hydrogen) atoms. The van der Waals surface area contributed by atoms with Crippen LogP contribution < -0.4 is 15.0 Å². The van der Waals surface area contributed by atoms with Gasteiger partial charge >= 0.3 is 0 Å². The first kappa shape index (κ1) is 36.4. The topological polar surface area (TPSA) is 147 Å². The summed E-state index contributed by atoms with van der Waals surface area (Å²) in [7, 11) is 0. The lowest BCUT2D eigenvalue weighted by atomic mass is 9.90. The summed E-state index contributed by atoms with van der Waals surface area (Å²) >= 11 is 0. The molecule has 2 aromatic heterocycles. The Hall–Kier alpha value is -4.84. The van der Waals surface area contributed by atoms with E-state index in [0.717, 1.165) is 11.6 Å². The number of alkyl halides is 2. The van der Waals surface area contributed by atoms with Gasteiger partial charge in [-0.1, -0.05) is 24.3 Å². The number of halogens is 3. The van der Waals surface area contributed by atoms with Gasteiger partial charge in [-0.15, -0.1) is 10.2 Å². The molecule has 14 heteroatoms. The second-order valence-electron chi connectivity index (χ2n) is 13.9. The Labute approximate surface area is 288 Å². The summed E-state index contributed by atoms with van der Waals surface area (Å²) < 4.78 is 61.9. The molecule has 3 heterocycles. The van der Waals surface area contributed by atoms with Crippen molar-refractivity contribution in [3.05, 3.63) is 77.6 Å². The Morgan fingerprint density at radius 3 is 2.46 bits per heavy atom. The highest BCUT2D eigenvalue weighted by Crippen LogP contribution is 2.44. The van der Waals surface area contributed by atoms with Crippen LogP contribution in [0.25, 0.3) is 22.7 Å². The molecule has 0 bridgehead atoms. The zero-order valence-corrected chi connectivity index (χ0v) is 28.8. The summed E-state index contributed by atoms with van der Waals surface area (Å²) in [6.45, 7) is 10.7. The van der Waals surface area contributed by atoms with Gasteiger partial charge in [0.1, 0.15) is 22.7 Å². The first-order valence-corrected chi connectivity index (χ1v) is 15.9. The highest BCUT2D eigenvalue weighted by Gasteiger charge is 2.44. The van der Waals surface area contributed by atoms with E-state index < -0.39 is 53.6 Å². The van der Waals surface area contributed by atoms with Crippen molar-refractivity contribution < 1.29 is 37.0 Å². The van der Waals surface area contributed by atoms with Crippen molar-refractivity contribution in [2.45, 2.75) is 96.9 Å². The van der Waals surface area contributed by atoms with E-state index in [1.165, 1.54) is 31.0 Å². The summed E-state index contributed by atoms with van der Waals surface area (Å²) in [6.07, 6.45) is -2.14. The molecule has 264 valence electrons. The molecule has 1 aliphatic heterocycles. The number of nitrogens with one attached hydrogen (secondary N) is 1. The molecule has 1 aliphatic rings. The van der Waals surface area contributed by atoms with Gasteiger partial charge in [-0.05, 0) is 71.4 Å². The number of hydrogen-bond donors (Lipinski definition) is 2. The molecule has 2 N–H and O–H groups in total. The monoisotopic (exact) mass is 692 g/mol. The van der Waals surface area contributed by atoms with E-state index >= 15 is 8.78 Å². The van der Waals surface area contributed by atoms with Crippen molar-refractivity contribution in [1.29, 1.82) is 5.26 Å². The first-order chi connectivity index (χ1) is 23.4. The van der Waals surface area contributed by atoms with Crippen LogP contribution in [0, 0.1) is 17.1 Å². The van der Waals surface area contributed by atoms with Crippen molar-refractivity contribution in [3.8, 4) is 34.5 Å². The molecule has 5 rings (SSSR count). The highest BCUT2D eigenvalue weighted by atomic mass is 19.1. The van der Waals surface area contributed by atoms with Crippen LogP contribution in [0.5, 0.6) is 5.75 Å². The van der Waals surface area contributed by atoms with E-state index in [2.05, 4.69) is 26.6 Å². The molecule has 3 unspecified atom stereocenters. The number of fused-ring (bicyclic) bond motifs is 1. The van der Waals surface area contributed by atoms with E-state index in [1.54, 1.807) is 71.0 Å². The molecule has 4 atom stereocenters. The Morgan fingerprint density at radius 2 is 1.86 bits per heavy atom. The summed E-state index contributed by atoms with van der Waals surface area (Å²) in [5.41, 5.74) is -2.50. The normalized spacial score (nSPS) is 19.4. The number of pyridine rings is 1. The number of aromatic nitrogens is 3.